The van der Waals surface area contributed by atoms with Gasteiger partial charge in [0, 0.05) is 24.8 Å². The Hall–Kier alpha value is -1.37. The first-order chi connectivity index (χ1) is 8.28. The third kappa shape index (κ3) is 2.90. The smallest absolute Gasteiger partial charge is 0.341 e. The van der Waals surface area contributed by atoms with Gasteiger partial charge >= 0.3 is 6.18 Å². The summed E-state index contributed by atoms with van der Waals surface area (Å²) in [6, 6.07) is 0.875. The molecule has 2 heterocycles. The molecule has 4 nitrogen and oxygen atoms in total. The Balaban J connectivity index is 2.15. The minimum absolute atomic E-state index is 0.125. The fourth-order valence-electron chi connectivity index (χ4n) is 1.88. The normalized spacial score (nSPS) is 19.9. The Labute approximate surface area is 103 Å². The highest BCUT2D eigenvalue weighted by Crippen LogP contribution is 2.29. The summed E-state index contributed by atoms with van der Waals surface area (Å²) in [4.78, 5) is 9.20. The molecule has 0 radical (unpaired) electrons. The molecule has 1 aliphatic heterocycles. The van der Waals surface area contributed by atoms with Crippen LogP contribution in [0.15, 0.2) is 12.3 Å². The Kier molecular flexibility index (Phi) is 3.18. The topological polar surface area (TPSA) is 55.0 Å². The lowest BCUT2D eigenvalue weighted by atomic mass is 9.91. The van der Waals surface area contributed by atoms with Crippen LogP contribution in [0.4, 0.5) is 19.1 Å². The third-order valence-corrected chi connectivity index (χ3v) is 3.12. The number of halogens is 3. The molecule has 0 spiro atoms. The molecule has 2 N–H and O–H groups in total. The zero-order valence-electron chi connectivity index (χ0n) is 10.0. The predicted octanol–water partition coefficient (Wildman–Crippen LogP) is 1.81. The van der Waals surface area contributed by atoms with E-state index in [2.05, 4.69) is 9.97 Å². The molecule has 1 fully saturated rings. The number of hydrogen-bond donors (Lipinski definition) is 1. The second-order valence-electron chi connectivity index (χ2n) is 4.88. The number of nitrogens with two attached hydrogens (primary N) is 1. The van der Waals surface area contributed by atoms with Crippen LogP contribution in [0, 0.1) is 0 Å². The van der Waals surface area contributed by atoms with Crippen molar-refractivity contribution >= 4 is 5.95 Å². The molecule has 100 valence electrons. The number of nitrogens with zero attached hydrogens (tertiary/aromatic N) is 3. The monoisotopic (exact) mass is 260 g/mol. The van der Waals surface area contributed by atoms with Gasteiger partial charge in [-0.15, -0.1) is 0 Å². The first kappa shape index (κ1) is 13.1. The van der Waals surface area contributed by atoms with Crippen molar-refractivity contribution in [2.45, 2.75) is 31.5 Å². The fraction of sp³-hybridized carbons (Fsp3) is 0.636. The molecule has 2 rings (SSSR count). The van der Waals surface area contributed by atoms with Gasteiger partial charge in [0.2, 0.25) is 5.95 Å². The zero-order chi connectivity index (χ0) is 13.4. The fourth-order valence-corrected chi connectivity index (χ4v) is 1.88. The number of rotatable bonds is 1. The Morgan fingerprint density at radius 3 is 2.50 bits per heavy atom. The van der Waals surface area contributed by atoms with Crippen LogP contribution in [0.2, 0.25) is 0 Å². The molecule has 0 aliphatic carbocycles. The van der Waals surface area contributed by atoms with E-state index < -0.39 is 11.9 Å². The lowest BCUT2D eigenvalue weighted by molar-refractivity contribution is -0.141. The van der Waals surface area contributed by atoms with Crippen molar-refractivity contribution in [3.8, 4) is 0 Å². The lowest BCUT2D eigenvalue weighted by Crippen LogP contribution is -2.48. The van der Waals surface area contributed by atoms with E-state index in [4.69, 9.17) is 5.73 Å². The van der Waals surface area contributed by atoms with Crippen LogP contribution in [-0.2, 0) is 6.18 Å². The molecule has 0 aromatic carbocycles. The molecular formula is C11H15F3N4. The minimum Gasteiger partial charge on any atom is -0.341 e. The van der Waals surface area contributed by atoms with Crippen molar-refractivity contribution in [3.63, 3.8) is 0 Å². The number of aromatic nitrogens is 2. The van der Waals surface area contributed by atoms with E-state index in [0.717, 1.165) is 12.3 Å². The standard InChI is InChI=1S/C11H15F3N4/c1-10(15)3-6-18(7-4-10)9-16-5-2-8(17-9)11(12,13)14/h2,5H,3-4,6-7,15H2,1H3. The van der Waals surface area contributed by atoms with Gasteiger partial charge in [0.15, 0.2) is 0 Å². The maximum atomic E-state index is 12.5. The third-order valence-electron chi connectivity index (χ3n) is 3.12. The largest absolute Gasteiger partial charge is 0.433 e. The summed E-state index contributed by atoms with van der Waals surface area (Å²) >= 11 is 0. The van der Waals surface area contributed by atoms with E-state index >= 15 is 0 Å². The summed E-state index contributed by atoms with van der Waals surface area (Å²) in [6.07, 6.45) is -1.86. The van der Waals surface area contributed by atoms with Crippen molar-refractivity contribution in [3.05, 3.63) is 18.0 Å². The average molecular weight is 260 g/mol. The highest BCUT2D eigenvalue weighted by atomic mass is 19.4. The van der Waals surface area contributed by atoms with Gasteiger partial charge < -0.3 is 10.6 Å². The minimum atomic E-state index is -4.43. The van der Waals surface area contributed by atoms with E-state index in [1.54, 1.807) is 4.90 Å². The zero-order valence-corrected chi connectivity index (χ0v) is 10.0. The molecule has 0 bridgehead atoms. The Morgan fingerprint density at radius 1 is 1.33 bits per heavy atom. The van der Waals surface area contributed by atoms with Crippen molar-refractivity contribution in [2.75, 3.05) is 18.0 Å². The SMILES string of the molecule is CC1(N)CCN(c2nccc(C(F)(F)F)n2)CC1. The van der Waals surface area contributed by atoms with E-state index in [1.807, 2.05) is 6.92 Å². The highest BCUT2D eigenvalue weighted by Gasteiger charge is 2.34. The van der Waals surface area contributed by atoms with Crippen molar-refractivity contribution in [2.24, 2.45) is 5.73 Å². The number of piperidine rings is 1. The van der Waals surface area contributed by atoms with Crippen LogP contribution < -0.4 is 10.6 Å². The van der Waals surface area contributed by atoms with Crippen molar-refractivity contribution in [1.29, 1.82) is 0 Å². The van der Waals surface area contributed by atoms with E-state index in [0.29, 0.717) is 25.9 Å². The van der Waals surface area contributed by atoms with Gasteiger partial charge in [0.1, 0.15) is 5.69 Å². The molecule has 0 unspecified atom stereocenters. The molecule has 1 aromatic rings. The maximum absolute atomic E-state index is 12.5. The van der Waals surface area contributed by atoms with Gasteiger partial charge in [-0.05, 0) is 25.8 Å². The summed E-state index contributed by atoms with van der Waals surface area (Å²) < 4.78 is 37.6. The molecule has 1 saturated heterocycles. The van der Waals surface area contributed by atoms with E-state index in [1.165, 1.54) is 0 Å². The van der Waals surface area contributed by atoms with E-state index in [9.17, 15) is 13.2 Å². The molecule has 18 heavy (non-hydrogen) atoms. The van der Waals surface area contributed by atoms with Gasteiger partial charge in [-0.25, -0.2) is 9.97 Å². The molecule has 7 heteroatoms. The van der Waals surface area contributed by atoms with Crippen LogP contribution in [0.5, 0.6) is 0 Å². The van der Waals surface area contributed by atoms with E-state index in [-0.39, 0.29) is 11.5 Å². The van der Waals surface area contributed by atoms with Crippen molar-refractivity contribution < 1.29 is 13.2 Å². The molecule has 0 atom stereocenters. The predicted molar refractivity (Wildman–Crippen MR) is 61.1 cm³/mol. The Morgan fingerprint density at radius 2 is 1.94 bits per heavy atom. The van der Waals surface area contributed by atoms with Gasteiger partial charge in [-0.2, -0.15) is 13.2 Å². The number of hydrogen-bond acceptors (Lipinski definition) is 4. The maximum Gasteiger partial charge on any atom is 0.433 e. The highest BCUT2D eigenvalue weighted by molar-refractivity contribution is 5.32. The molecule has 1 aromatic heterocycles. The van der Waals surface area contributed by atoms with Crippen LogP contribution in [0.25, 0.3) is 0 Å². The van der Waals surface area contributed by atoms with Crippen molar-refractivity contribution in [1.82, 2.24) is 9.97 Å². The van der Waals surface area contributed by atoms with Gasteiger partial charge in [-0.1, -0.05) is 0 Å². The average Bonchev–Trinajstić information content (AvgIpc) is 2.28. The second kappa shape index (κ2) is 4.38. The molecule has 1 aliphatic rings. The lowest BCUT2D eigenvalue weighted by Gasteiger charge is -2.36. The van der Waals surface area contributed by atoms with Crippen LogP contribution in [0.3, 0.4) is 0 Å². The first-order valence-electron chi connectivity index (χ1n) is 5.72. The van der Waals surface area contributed by atoms with Crippen LogP contribution >= 0.6 is 0 Å². The summed E-state index contributed by atoms with van der Waals surface area (Å²) in [6.45, 7) is 3.10. The summed E-state index contributed by atoms with van der Waals surface area (Å²) in [5.74, 6) is 0.125. The quantitative estimate of drug-likeness (QED) is 0.836. The first-order valence-corrected chi connectivity index (χ1v) is 5.72. The summed E-state index contributed by atoms with van der Waals surface area (Å²) in [5, 5.41) is 0. The summed E-state index contributed by atoms with van der Waals surface area (Å²) in [7, 11) is 0. The Bertz CT molecular complexity index is 421. The second-order valence-corrected chi connectivity index (χ2v) is 4.88. The summed E-state index contributed by atoms with van der Waals surface area (Å²) in [5.41, 5.74) is 4.81. The number of alkyl halides is 3. The van der Waals surface area contributed by atoms with Crippen LogP contribution in [-0.4, -0.2) is 28.6 Å². The number of anilines is 1. The molecule has 0 saturated carbocycles. The van der Waals surface area contributed by atoms with Gasteiger partial charge in [0.05, 0.1) is 0 Å². The van der Waals surface area contributed by atoms with Gasteiger partial charge in [0.25, 0.3) is 0 Å². The van der Waals surface area contributed by atoms with Gasteiger partial charge in [-0.3, -0.25) is 0 Å². The molecule has 0 amide bonds. The van der Waals surface area contributed by atoms with Crippen LogP contribution in [0.1, 0.15) is 25.5 Å². The molecular weight excluding hydrogens is 245 g/mol.